The van der Waals surface area contributed by atoms with Gasteiger partial charge in [0.1, 0.15) is 5.82 Å². The first kappa shape index (κ1) is 14.8. The Labute approximate surface area is 121 Å². The Bertz CT molecular complexity index is 491. The third kappa shape index (κ3) is 3.49. The van der Waals surface area contributed by atoms with Gasteiger partial charge < -0.3 is 10.0 Å². The van der Waals surface area contributed by atoms with Gasteiger partial charge in [-0.3, -0.25) is 0 Å². The number of nitrogens with zero attached hydrogens (tertiary/aromatic N) is 3. The molecule has 0 aromatic heterocycles. The summed E-state index contributed by atoms with van der Waals surface area (Å²) in [7, 11) is 0. The highest BCUT2D eigenvalue weighted by Gasteiger charge is 2.16. The molecule has 20 heavy (non-hydrogen) atoms. The van der Waals surface area contributed by atoms with E-state index in [4.69, 9.17) is 10.6 Å². The molecule has 1 aliphatic rings. The number of anilines is 2. The quantitative estimate of drug-likeness (QED) is 0.647. The second kappa shape index (κ2) is 7.25. The van der Waals surface area contributed by atoms with Crippen LogP contribution in [0, 0.1) is 11.3 Å². The molecule has 0 aliphatic carbocycles. The lowest BCUT2D eigenvalue weighted by atomic mass is 10.2. The van der Waals surface area contributed by atoms with E-state index in [0.717, 1.165) is 24.6 Å². The van der Waals surface area contributed by atoms with E-state index in [0.29, 0.717) is 11.4 Å². The molecule has 1 fully saturated rings. The van der Waals surface area contributed by atoms with Gasteiger partial charge in [-0.05, 0) is 18.2 Å². The number of halogens is 1. The number of rotatable bonds is 5. The molecule has 0 radical (unpaired) electrons. The standard InChI is InChI=1S/C13H17FN4OS/c14-12-10-11(18(16-15)4-1-7-19)2-3-13(12)17-5-8-20-9-6-17/h1-4,10,15,19H,5-9H2/b4-1+,16-15?. The van der Waals surface area contributed by atoms with Crippen molar-refractivity contribution in [3.63, 3.8) is 0 Å². The summed E-state index contributed by atoms with van der Waals surface area (Å²) in [6, 6.07) is 4.79. The van der Waals surface area contributed by atoms with Crippen LogP contribution in [0.25, 0.3) is 0 Å². The topological polar surface area (TPSA) is 62.9 Å². The van der Waals surface area contributed by atoms with Gasteiger partial charge in [-0.25, -0.2) is 9.40 Å². The fraction of sp³-hybridized carbons (Fsp3) is 0.385. The van der Waals surface area contributed by atoms with Crippen LogP contribution in [-0.4, -0.2) is 36.3 Å². The molecule has 0 unspecified atom stereocenters. The van der Waals surface area contributed by atoms with E-state index >= 15 is 0 Å². The van der Waals surface area contributed by atoms with Crippen LogP contribution in [0.15, 0.2) is 35.7 Å². The zero-order valence-corrected chi connectivity index (χ0v) is 11.8. The van der Waals surface area contributed by atoms with Crippen molar-refractivity contribution in [2.75, 3.05) is 41.1 Å². The first-order valence-electron chi connectivity index (χ1n) is 6.32. The molecule has 1 aromatic carbocycles. The number of nitrogens with one attached hydrogen (secondary N) is 1. The van der Waals surface area contributed by atoms with E-state index in [1.54, 1.807) is 12.1 Å². The third-order valence-electron chi connectivity index (χ3n) is 3.01. The molecule has 2 N–H and O–H groups in total. The van der Waals surface area contributed by atoms with Gasteiger partial charge in [0, 0.05) is 36.9 Å². The number of thioether (sulfide) groups is 1. The van der Waals surface area contributed by atoms with Gasteiger partial charge >= 0.3 is 0 Å². The maximum Gasteiger partial charge on any atom is 0.148 e. The fourth-order valence-electron chi connectivity index (χ4n) is 2.02. The van der Waals surface area contributed by atoms with Crippen molar-refractivity contribution >= 4 is 23.1 Å². The Balaban J connectivity index is 2.19. The average molecular weight is 296 g/mol. The van der Waals surface area contributed by atoms with Crippen molar-refractivity contribution in [1.29, 1.82) is 5.53 Å². The van der Waals surface area contributed by atoms with E-state index in [1.807, 2.05) is 16.7 Å². The second-order valence-electron chi connectivity index (χ2n) is 4.25. The summed E-state index contributed by atoms with van der Waals surface area (Å²) in [6.07, 6.45) is 2.87. The second-order valence-corrected chi connectivity index (χ2v) is 5.47. The van der Waals surface area contributed by atoms with Crippen LogP contribution < -0.4 is 9.91 Å². The highest BCUT2D eigenvalue weighted by Crippen LogP contribution is 2.27. The van der Waals surface area contributed by atoms with Crippen LogP contribution >= 0.6 is 11.8 Å². The first-order chi connectivity index (χ1) is 9.76. The maximum atomic E-state index is 14.2. The number of hydrogen-bond donors (Lipinski definition) is 2. The molecule has 7 heteroatoms. The van der Waals surface area contributed by atoms with E-state index in [1.165, 1.54) is 23.4 Å². The number of benzene rings is 1. The smallest absolute Gasteiger partial charge is 0.148 e. The molecule has 1 aromatic rings. The van der Waals surface area contributed by atoms with Crippen LogP contribution in [0.2, 0.25) is 0 Å². The molecular weight excluding hydrogens is 279 g/mol. The monoisotopic (exact) mass is 296 g/mol. The van der Waals surface area contributed by atoms with E-state index in [2.05, 4.69) is 5.22 Å². The highest BCUT2D eigenvalue weighted by atomic mass is 32.2. The maximum absolute atomic E-state index is 14.2. The molecule has 1 heterocycles. The molecule has 1 saturated heterocycles. The largest absolute Gasteiger partial charge is 0.392 e. The molecule has 5 nitrogen and oxygen atoms in total. The molecule has 0 bridgehead atoms. The lowest BCUT2D eigenvalue weighted by Gasteiger charge is -2.29. The lowest BCUT2D eigenvalue weighted by Crippen LogP contribution is -2.33. The Morgan fingerprint density at radius 2 is 2.20 bits per heavy atom. The summed E-state index contributed by atoms with van der Waals surface area (Å²) in [4.78, 5) is 2.03. The molecule has 0 spiro atoms. The summed E-state index contributed by atoms with van der Waals surface area (Å²) in [6.45, 7) is 1.54. The van der Waals surface area contributed by atoms with Crippen LogP contribution in [0.5, 0.6) is 0 Å². The van der Waals surface area contributed by atoms with Crippen LogP contribution in [0.3, 0.4) is 0 Å². The SMILES string of the molecule is N=NN(/C=C/CO)c1ccc(N2CCSCC2)c(F)c1. The van der Waals surface area contributed by atoms with Gasteiger partial charge in [0.25, 0.3) is 0 Å². The lowest BCUT2D eigenvalue weighted by molar-refractivity contribution is 0.342. The van der Waals surface area contributed by atoms with Crippen LogP contribution in [-0.2, 0) is 0 Å². The molecule has 2 rings (SSSR count). The molecule has 108 valence electrons. The first-order valence-corrected chi connectivity index (χ1v) is 7.48. The summed E-state index contributed by atoms with van der Waals surface area (Å²) in [5.41, 5.74) is 8.12. The minimum atomic E-state index is -0.319. The van der Waals surface area contributed by atoms with Gasteiger partial charge in [0.2, 0.25) is 0 Å². The molecule has 0 amide bonds. The van der Waals surface area contributed by atoms with Gasteiger partial charge in [0.05, 0.1) is 18.0 Å². The van der Waals surface area contributed by atoms with Gasteiger partial charge in [-0.1, -0.05) is 5.22 Å². The van der Waals surface area contributed by atoms with Crippen molar-refractivity contribution in [1.82, 2.24) is 0 Å². The normalized spacial score (nSPS) is 15.6. The van der Waals surface area contributed by atoms with Crippen LogP contribution in [0.1, 0.15) is 0 Å². The number of hydrogen-bond acceptors (Lipinski definition) is 5. The summed E-state index contributed by atoms with van der Waals surface area (Å²) >= 11 is 1.87. The zero-order chi connectivity index (χ0) is 14.4. The minimum Gasteiger partial charge on any atom is -0.392 e. The van der Waals surface area contributed by atoms with Gasteiger partial charge in [-0.2, -0.15) is 17.3 Å². The Morgan fingerprint density at radius 1 is 1.45 bits per heavy atom. The van der Waals surface area contributed by atoms with Crippen molar-refractivity contribution in [2.24, 2.45) is 5.22 Å². The van der Waals surface area contributed by atoms with E-state index in [9.17, 15) is 4.39 Å². The molecule has 0 saturated carbocycles. The van der Waals surface area contributed by atoms with E-state index < -0.39 is 0 Å². The van der Waals surface area contributed by atoms with Crippen molar-refractivity contribution in [3.05, 3.63) is 36.3 Å². The summed E-state index contributed by atoms with van der Waals surface area (Å²) in [5, 5.41) is 13.2. The number of aliphatic hydroxyl groups is 1. The summed E-state index contributed by atoms with van der Waals surface area (Å²) in [5.74, 6) is 1.70. The molecule has 1 aliphatic heterocycles. The fourth-order valence-corrected chi connectivity index (χ4v) is 2.93. The Kier molecular flexibility index (Phi) is 5.37. The van der Waals surface area contributed by atoms with Gasteiger partial charge in [0.15, 0.2) is 0 Å². The van der Waals surface area contributed by atoms with Crippen LogP contribution in [0.4, 0.5) is 15.8 Å². The zero-order valence-electron chi connectivity index (χ0n) is 11.0. The highest BCUT2D eigenvalue weighted by molar-refractivity contribution is 7.99. The predicted octanol–water partition coefficient (Wildman–Crippen LogP) is 2.64. The average Bonchev–Trinajstić information content (AvgIpc) is 2.49. The molecule has 0 atom stereocenters. The van der Waals surface area contributed by atoms with Gasteiger partial charge in [-0.15, -0.1) is 0 Å². The minimum absolute atomic E-state index is 0.155. The predicted molar refractivity (Wildman–Crippen MR) is 79.8 cm³/mol. The summed E-state index contributed by atoms with van der Waals surface area (Å²) < 4.78 is 14.2. The Morgan fingerprint density at radius 3 is 2.80 bits per heavy atom. The third-order valence-corrected chi connectivity index (χ3v) is 3.95. The van der Waals surface area contributed by atoms with Crippen molar-refractivity contribution in [2.45, 2.75) is 0 Å². The van der Waals surface area contributed by atoms with Crippen molar-refractivity contribution < 1.29 is 9.50 Å². The molecular formula is C13H17FN4OS. The van der Waals surface area contributed by atoms with Crippen molar-refractivity contribution in [3.8, 4) is 0 Å². The van der Waals surface area contributed by atoms with E-state index in [-0.39, 0.29) is 12.4 Å². The Hall–Kier alpha value is -1.60. The number of aliphatic hydroxyl groups excluding tert-OH is 1.